The molecule has 0 saturated heterocycles. The predicted molar refractivity (Wildman–Crippen MR) is 118 cm³/mol. The molecule has 0 aliphatic carbocycles. The summed E-state index contributed by atoms with van der Waals surface area (Å²) < 4.78 is 33.5. The molecule has 0 radical (unpaired) electrons. The monoisotopic (exact) mass is 478 g/mol. The molecule has 0 unspecified atom stereocenters. The lowest BCUT2D eigenvalue weighted by atomic mass is 10.2. The first-order chi connectivity index (χ1) is 15.2. The minimum atomic E-state index is -3.65. The number of primary amides is 1. The fourth-order valence-electron chi connectivity index (χ4n) is 2.81. The highest BCUT2D eigenvalue weighted by Gasteiger charge is 2.19. The molecule has 3 aromatic rings. The highest BCUT2D eigenvalue weighted by Crippen LogP contribution is 2.25. The molecule has 1 aromatic carbocycles. The molecule has 2 heterocycles. The van der Waals surface area contributed by atoms with Crippen LogP contribution in [0.1, 0.15) is 12.0 Å². The van der Waals surface area contributed by atoms with Crippen LogP contribution in [0, 0.1) is 6.92 Å². The molecule has 0 bridgehead atoms. The molecule has 0 aliphatic heterocycles. The number of nitrogens with zero attached hydrogens (tertiary/aromatic N) is 3. The molecule has 170 valence electrons. The van der Waals surface area contributed by atoms with Crippen LogP contribution in [0.2, 0.25) is 0 Å². The molecule has 0 fully saturated rings. The van der Waals surface area contributed by atoms with Crippen molar-refractivity contribution in [2.45, 2.75) is 29.9 Å². The number of amides is 2. The van der Waals surface area contributed by atoms with E-state index in [1.807, 2.05) is 0 Å². The van der Waals surface area contributed by atoms with Gasteiger partial charge in [-0.2, -0.15) is 0 Å². The second kappa shape index (κ2) is 9.97. The Morgan fingerprint density at radius 3 is 2.69 bits per heavy atom. The van der Waals surface area contributed by atoms with Crippen molar-refractivity contribution in [3.05, 3.63) is 42.2 Å². The molecule has 0 atom stereocenters. The first kappa shape index (κ1) is 23.5. The third-order valence-corrected chi connectivity index (χ3v) is 6.93. The van der Waals surface area contributed by atoms with Crippen molar-refractivity contribution in [2.75, 3.05) is 18.1 Å². The predicted octanol–water partition coefficient (Wildman–Crippen LogP) is 1.36. The molecule has 13 heteroatoms. The molecule has 2 aromatic heterocycles. The molecular formula is C19H22N6O5S2. The van der Waals surface area contributed by atoms with Crippen LogP contribution in [0.5, 0.6) is 0 Å². The average Bonchev–Trinajstić information content (AvgIpc) is 3.41. The molecule has 0 aliphatic rings. The largest absolute Gasteiger partial charge is 0.461 e. The third kappa shape index (κ3) is 5.55. The van der Waals surface area contributed by atoms with E-state index in [1.54, 1.807) is 35.8 Å². The quantitative estimate of drug-likeness (QED) is 0.368. The van der Waals surface area contributed by atoms with E-state index in [1.165, 1.54) is 19.4 Å². The maximum absolute atomic E-state index is 12.5. The lowest BCUT2D eigenvalue weighted by Gasteiger charge is -2.11. The molecule has 0 spiro atoms. The number of carbonyl (C=O) groups excluding carboxylic acids is 2. The zero-order valence-corrected chi connectivity index (χ0v) is 19.0. The normalized spacial score (nSPS) is 11.4. The first-order valence-corrected chi connectivity index (χ1v) is 11.9. The van der Waals surface area contributed by atoms with Gasteiger partial charge in [-0.15, -0.1) is 10.2 Å². The van der Waals surface area contributed by atoms with E-state index in [0.29, 0.717) is 28.0 Å². The van der Waals surface area contributed by atoms with Gasteiger partial charge in [0, 0.05) is 18.7 Å². The number of sulfonamides is 1. The summed E-state index contributed by atoms with van der Waals surface area (Å²) in [6, 6.07) is 8.04. The number of rotatable bonds is 10. The standard InChI is InChI=1S/C19H22N6O5S2/c1-12-5-6-13(10-15(12)32(28,29)21-2)22-17(27)11-31-19-24-23-18(14-4-3-9-30-14)25(19)8-7-16(20)26/h3-6,9-10,21H,7-8,11H2,1-2H3,(H2,20,26)(H,22,27). The van der Waals surface area contributed by atoms with Gasteiger partial charge in [-0.05, 0) is 43.8 Å². The van der Waals surface area contributed by atoms with Gasteiger partial charge < -0.3 is 15.5 Å². The van der Waals surface area contributed by atoms with Crippen LogP contribution < -0.4 is 15.8 Å². The fourth-order valence-corrected chi connectivity index (χ4v) is 4.57. The van der Waals surface area contributed by atoms with Gasteiger partial charge in [-0.3, -0.25) is 14.2 Å². The Morgan fingerprint density at radius 1 is 1.25 bits per heavy atom. The maximum Gasteiger partial charge on any atom is 0.240 e. The zero-order valence-electron chi connectivity index (χ0n) is 17.4. The Balaban J connectivity index is 1.72. The summed E-state index contributed by atoms with van der Waals surface area (Å²) in [7, 11) is -2.33. The SMILES string of the molecule is CNS(=O)(=O)c1cc(NC(=O)CSc2nnc(-c3ccco3)n2CCC(N)=O)ccc1C. The summed E-state index contributed by atoms with van der Waals surface area (Å²) in [5.74, 6) is 0.0189. The first-order valence-electron chi connectivity index (χ1n) is 9.43. The number of furan rings is 1. The van der Waals surface area contributed by atoms with Crippen LogP contribution in [0.3, 0.4) is 0 Å². The van der Waals surface area contributed by atoms with Crippen molar-refractivity contribution in [3.63, 3.8) is 0 Å². The van der Waals surface area contributed by atoms with Crippen molar-refractivity contribution in [3.8, 4) is 11.6 Å². The van der Waals surface area contributed by atoms with Gasteiger partial charge in [0.05, 0.1) is 16.9 Å². The second-order valence-corrected chi connectivity index (χ2v) is 9.47. The summed E-state index contributed by atoms with van der Waals surface area (Å²) in [4.78, 5) is 23.8. The summed E-state index contributed by atoms with van der Waals surface area (Å²) in [5.41, 5.74) is 6.17. The summed E-state index contributed by atoms with van der Waals surface area (Å²) in [6.45, 7) is 1.90. The number of carbonyl (C=O) groups is 2. The number of anilines is 1. The number of hydrogen-bond donors (Lipinski definition) is 3. The number of nitrogens with one attached hydrogen (secondary N) is 2. The van der Waals surface area contributed by atoms with Crippen molar-refractivity contribution in [2.24, 2.45) is 5.73 Å². The number of nitrogens with two attached hydrogens (primary N) is 1. The molecule has 0 saturated carbocycles. The van der Waals surface area contributed by atoms with E-state index in [0.717, 1.165) is 11.8 Å². The van der Waals surface area contributed by atoms with Gasteiger partial charge in [0.25, 0.3) is 0 Å². The molecule has 3 rings (SSSR count). The van der Waals surface area contributed by atoms with Crippen molar-refractivity contribution < 1.29 is 22.4 Å². The van der Waals surface area contributed by atoms with Crippen LogP contribution >= 0.6 is 11.8 Å². The van der Waals surface area contributed by atoms with E-state index >= 15 is 0 Å². The Kier molecular flexibility index (Phi) is 7.33. The van der Waals surface area contributed by atoms with E-state index in [2.05, 4.69) is 20.2 Å². The molecular weight excluding hydrogens is 456 g/mol. The van der Waals surface area contributed by atoms with E-state index in [4.69, 9.17) is 10.2 Å². The Morgan fingerprint density at radius 2 is 2.03 bits per heavy atom. The Hall–Kier alpha value is -3.16. The van der Waals surface area contributed by atoms with E-state index in [9.17, 15) is 18.0 Å². The van der Waals surface area contributed by atoms with Crippen molar-refractivity contribution in [1.82, 2.24) is 19.5 Å². The van der Waals surface area contributed by atoms with Gasteiger partial charge in [0.15, 0.2) is 16.7 Å². The van der Waals surface area contributed by atoms with Gasteiger partial charge in [0.1, 0.15) is 0 Å². The van der Waals surface area contributed by atoms with Gasteiger partial charge in [0.2, 0.25) is 21.8 Å². The minimum absolute atomic E-state index is 0.0190. The van der Waals surface area contributed by atoms with Crippen molar-refractivity contribution in [1.29, 1.82) is 0 Å². The average molecular weight is 479 g/mol. The molecule has 2 amide bonds. The molecule has 4 N–H and O–H groups in total. The third-order valence-electron chi connectivity index (χ3n) is 4.40. The lowest BCUT2D eigenvalue weighted by Crippen LogP contribution is -2.20. The van der Waals surface area contributed by atoms with Gasteiger partial charge >= 0.3 is 0 Å². The van der Waals surface area contributed by atoms with Crippen LogP contribution in [0.15, 0.2) is 51.1 Å². The van der Waals surface area contributed by atoms with E-state index < -0.39 is 15.9 Å². The zero-order chi connectivity index (χ0) is 23.3. The smallest absolute Gasteiger partial charge is 0.240 e. The fraction of sp³-hybridized carbons (Fsp3) is 0.263. The van der Waals surface area contributed by atoms with Gasteiger partial charge in [-0.25, -0.2) is 13.1 Å². The van der Waals surface area contributed by atoms with Crippen LogP contribution in [0.4, 0.5) is 5.69 Å². The van der Waals surface area contributed by atoms with Gasteiger partial charge in [-0.1, -0.05) is 17.8 Å². The summed E-state index contributed by atoms with van der Waals surface area (Å²) in [5, 5.41) is 11.3. The van der Waals surface area contributed by atoms with Crippen LogP contribution in [0.25, 0.3) is 11.6 Å². The second-order valence-electron chi connectivity index (χ2n) is 6.68. The molecule has 11 nitrogen and oxygen atoms in total. The Labute approximate surface area is 188 Å². The number of benzene rings is 1. The summed E-state index contributed by atoms with van der Waals surface area (Å²) >= 11 is 1.11. The van der Waals surface area contributed by atoms with Crippen molar-refractivity contribution >= 4 is 39.3 Å². The Bertz CT molecular complexity index is 1220. The lowest BCUT2D eigenvalue weighted by molar-refractivity contribution is -0.118. The van der Waals surface area contributed by atoms with Crippen LogP contribution in [-0.4, -0.2) is 47.8 Å². The molecule has 32 heavy (non-hydrogen) atoms. The highest BCUT2D eigenvalue weighted by molar-refractivity contribution is 7.99. The number of aromatic nitrogens is 3. The highest BCUT2D eigenvalue weighted by atomic mass is 32.2. The number of thioether (sulfide) groups is 1. The topological polar surface area (TPSA) is 162 Å². The number of hydrogen-bond acceptors (Lipinski definition) is 8. The van der Waals surface area contributed by atoms with E-state index in [-0.39, 0.29) is 29.5 Å². The van der Waals surface area contributed by atoms with Crippen LogP contribution in [-0.2, 0) is 26.2 Å². The summed E-state index contributed by atoms with van der Waals surface area (Å²) in [6.07, 6.45) is 1.56. The maximum atomic E-state index is 12.5. The minimum Gasteiger partial charge on any atom is -0.461 e. The number of aryl methyl sites for hydroxylation is 1.